The van der Waals surface area contributed by atoms with Crippen molar-refractivity contribution in [2.75, 3.05) is 30.9 Å². The van der Waals surface area contributed by atoms with Crippen LogP contribution in [0.15, 0.2) is 48.5 Å². The molecule has 188 valence electrons. The number of ether oxygens (including phenoxy) is 1. The predicted molar refractivity (Wildman–Crippen MR) is 137 cm³/mol. The Hall–Kier alpha value is -3.57. The van der Waals surface area contributed by atoms with Crippen LogP contribution in [0.2, 0.25) is 0 Å². The lowest BCUT2D eigenvalue weighted by Crippen LogP contribution is -2.51. The molecule has 0 spiro atoms. The number of hydrogen-bond acceptors (Lipinski definition) is 5. The summed E-state index contributed by atoms with van der Waals surface area (Å²) in [6.45, 7) is 1.31. The zero-order valence-corrected chi connectivity index (χ0v) is 20.6. The van der Waals surface area contributed by atoms with Crippen LogP contribution in [0.25, 0.3) is 0 Å². The molecule has 2 aromatic rings. The third-order valence-corrected chi connectivity index (χ3v) is 7.88. The summed E-state index contributed by atoms with van der Waals surface area (Å²) in [5.41, 5.74) is 3.39. The largest absolute Gasteiger partial charge is 0.383 e. The number of fused-ring (bicyclic) bond motifs is 3. The van der Waals surface area contributed by atoms with Gasteiger partial charge in [-0.1, -0.05) is 31.0 Å². The molecule has 1 aliphatic carbocycles. The SMILES string of the molecule is COC[C@@H]1Nc2ccccc2[C@H]2[C@H]1CCN2C(=O)[C@H]1CCCC[C@H]1NC(=O)Nc1ccc(C#N)cc1. The highest BCUT2D eigenvalue weighted by Crippen LogP contribution is 2.47. The second-order valence-corrected chi connectivity index (χ2v) is 10.0. The van der Waals surface area contributed by atoms with E-state index >= 15 is 0 Å². The van der Waals surface area contributed by atoms with Gasteiger partial charge in [-0.15, -0.1) is 0 Å². The van der Waals surface area contributed by atoms with E-state index in [1.54, 1.807) is 31.4 Å². The molecule has 2 aliphatic heterocycles. The molecule has 8 heteroatoms. The van der Waals surface area contributed by atoms with Crippen molar-refractivity contribution < 1.29 is 14.3 Å². The summed E-state index contributed by atoms with van der Waals surface area (Å²) in [4.78, 5) is 28.9. The summed E-state index contributed by atoms with van der Waals surface area (Å²) in [6.07, 6.45) is 4.45. The normalized spacial score (nSPS) is 26.7. The van der Waals surface area contributed by atoms with Crippen molar-refractivity contribution in [2.45, 2.75) is 50.2 Å². The van der Waals surface area contributed by atoms with Crippen molar-refractivity contribution in [2.24, 2.45) is 11.8 Å². The topological polar surface area (TPSA) is 106 Å². The average molecular weight is 488 g/mol. The van der Waals surface area contributed by atoms with Gasteiger partial charge >= 0.3 is 6.03 Å². The van der Waals surface area contributed by atoms with E-state index in [1.165, 1.54) is 5.56 Å². The van der Waals surface area contributed by atoms with Gasteiger partial charge in [0.2, 0.25) is 5.91 Å². The summed E-state index contributed by atoms with van der Waals surface area (Å²) in [7, 11) is 1.72. The van der Waals surface area contributed by atoms with Gasteiger partial charge in [-0.2, -0.15) is 5.26 Å². The van der Waals surface area contributed by atoms with Crippen molar-refractivity contribution in [3.8, 4) is 6.07 Å². The Bertz CT molecular complexity index is 1140. The number of benzene rings is 2. The van der Waals surface area contributed by atoms with Crippen LogP contribution in [0, 0.1) is 23.2 Å². The summed E-state index contributed by atoms with van der Waals surface area (Å²) < 4.78 is 5.50. The molecule has 36 heavy (non-hydrogen) atoms. The number of nitriles is 1. The third kappa shape index (κ3) is 4.76. The number of nitrogens with one attached hydrogen (secondary N) is 3. The molecule has 0 aromatic heterocycles. The number of rotatable bonds is 5. The molecule has 0 radical (unpaired) electrons. The molecule has 2 fully saturated rings. The van der Waals surface area contributed by atoms with Gasteiger partial charge < -0.3 is 25.6 Å². The Morgan fingerprint density at radius 3 is 2.67 bits per heavy atom. The van der Waals surface area contributed by atoms with Gasteiger partial charge in [0.1, 0.15) is 0 Å². The van der Waals surface area contributed by atoms with Crippen molar-refractivity contribution >= 4 is 23.3 Å². The monoisotopic (exact) mass is 487 g/mol. The van der Waals surface area contributed by atoms with Crippen molar-refractivity contribution in [3.63, 3.8) is 0 Å². The van der Waals surface area contributed by atoms with Gasteiger partial charge in [-0.05, 0) is 55.2 Å². The highest BCUT2D eigenvalue weighted by molar-refractivity contribution is 5.90. The van der Waals surface area contributed by atoms with E-state index < -0.39 is 0 Å². The second-order valence-electron chi connectivity index (χ2n) is 10.0. The zero-order valence-electron chi connectivity index (χ0n) is 20.6. The Balaban J connectivity index is 1.31. The van der Waals surface area contributed by atoms with Crippen LogP contribution >= 0.6 is 0 Å². The highest BCUT2D eigenvalue weighted by atomic mass is 16.5. The maximum absolute atomic E-state index is 14.0. The molecular weight excluding hydrogens is 454 g/mol. The van der Waals surface area contributed by atoms with Crippen LogP contribution in [0.3, 0.4) is 0 Å². The number of urea groups is 1. The Kier molecular flexibility index (Phi) is 7.10. The first-order chi connectivity index (χ1) is 17.6. The molecule has 5 rings (SSSR count). The standard InChI is InChI=1S/C28H33N5O3/c1-36-17-25-21-14-15-33(26(21)20-6-2-4-8-23(20)31-25)27(34)22-7-3-5-9-24(22)32-28(35)30-19-12-10-18(16-29)11-13-19/h2,4,6,8,10-13,21-22,24-26,31H,3,5,7,9,14-15,17H2,1H3,(H2,30,32,35)/t21-,22-,24+,25-,26-/m0/s1. The fourth-order valence-electron chi connectivity index (χ4n) is 6.20. The Morgan fingerprint density at radius 1 is 1.11 bits per heavy atom. The Labute approximate surface area is 212 Å². The van der Waals surface area contributed by atoms with Gasteiger partial charge in [0, 0.05) is 37.0 Å². The smallest absolute Gasteiger partial charge is 0.319 e. The first-order valence-electron chi connectivity index (χ1n) is 12.8. The lowest BCUT2D eigenvalue weighted by atomic mass is 9.81. The maximum Gasteiger partial charge on any atom is 0.319 e. The first kappa shape index (κ1) is 24.1. The average Bonchev–Trinajstić information content (AvgIpc) is 3.35. The van der Waals surface area contributed by atoms with Crippen LogP contribution in [-0.4, -0.2) is 49.2 Å². The third-order valence-electron chi connectivity index (χ3n) is 7.88. The van der Waals surface area contributed by atoms with E-state index in [0.29, 0.717) is 30.3 Å². The lowest BCUT2D eigenvalue weighted by molar-refractivity contribution is -0.138. The molecular formula is C28H33N5O3. The minimum atomic E-state index is -0.323. The van der Waals surface area contributed by atoms with Crippen molar-refractivity contribution in [3.05, 3.63) is 59.7 Å². The molecule has 0 unspecified atom stereocenters. The lowest BCUT2D eigenvalue weighted by Gasteiger charge is -2.41. The van der Waals surface area contributed by atoms with E-state index in [2.05, 4.69) is 39.1 Å². The number of hydrogen-bond donors (Lipinski definition) is 3. The molecule has 3 N–H and O–H groups in total. The van der Waals surface area contributed by atoms with Crippen LogP contribution in [0.1, 0.15) is 49.3 Å². The summed E-state index contributed by atoms with van der Waals surface area (Å²) in [5, 5.41) is 18.5. The molecule has 8 nitrogen and oxygen atoms in total. The number of amides is 3. The predicted octanol–water partition coefficient (Wildman–Crippen LogP) is 4.27. The van der Waals surface area contributed by atoms with Gasteiger partial charge in [-0.3, -0.25) is 4.79 Å². The zero-order chi connectivity index (χ0) is 25.1. The first-order valence-corrected chi connectivity index (χ1v) is 12.8. The quantitative estimate of drug-likeness (QED) is 0.584. The van der Waals surface area contributed by atoms with E-state index in [9.17, 15) is 9.59 Å². The van der Waals surface area contributed by atoms with Crippen LogP contribution in [-0.2, 0) is 9.53 Å². The number of methoxy groups -OCH3 is 1. The van der Waals surface area contributed by atoms with Gasteiger partial charge in [0.25, 0.3) is 0 Å². The van der Waals surface area contributed by atoms with Crippen molar-refractivity contribution in [1.29, 1.82) is 5.26 Å². The molecule has 1 saturated carbocycles. The van der Waals surface area contributed by atoms with E-state index in [4.69, 9.17) is 10.00 Å². The highest BCUT2D eigenvalue weighted by Gasteiger charge is 2.48. The number of anilines is 2. The second kappa shape index (κ2) is 10.6. The molecule has 1 saturated heterocycles. The molecule has 0 bridgehead atoms. The summed E-state index contributed by atoms with van der Waals surface area (Å²) >= 11 is 0. The number of carbonyl (C=O) groups is 2. The van der Waals surface area contributed by atoms with Crippen molar-refractivity contribution in [1.82, 2.24) is 10.2 Å². The fourth-order valence-corrected chi connectivity index (χ4v) is 6.20. The summed E-state index contributed by atoms with van der Waals surface area (Å²) in [5.74, 6) is 0.185. The minimum Gasteiger partial charge on any atom is -0.383 e. The minimum absolute atomic E-state index is 0.0187. The molecule has 3 amide bonds. The van der Waals surface area contributed by atoms with E-state index in [1.807, 2.05) is 12.1 Å². The van der Waals surface area contributed by atoms with E-state index in [0.717, 1.165) is 37.8 Å². The number of likely N-dealkylation sites (tertiary alicyclic amines) is 1. The number of carbonyl (C=O) groups excluding carboxylic acids is 2. The fraction of sp³-hybridized carbons (Fsp3) is 0.464. The van der Waals surface area contributed by atoms with Crippen LogP contribution < -0.4 is 16.0 Å². The van der Waals surface area contributed by atoms with Crippen LogP contribution in [0.4, 0.5) is 16.2 Å². The van der Waals surface area contributed by atoms with E-state index in [-0.39, 0.29) is 36.0 Å². The maximum atomic E-state index is 14.0. The van der Waals surface area contributed by atoms with Crippen LogP contribution in [0.5, 0.6) is 0 Å². The van der Waals surface area contributed by atoms with Gasteiger partial charge in [0.05, 0.1) is 36.2 Å². The number of para-hydroxylation sites is 1. The molecule has 5 atom stereocenters. The molecule has 3 aliphatic rings. The molecule has 2 heterocycles. The van der Waals surface area contributed by atoms with Gasteiger partial charge in [-0.25, -0.2) is 4.79 Å². The molecule has 2 aromatic carbocycles. The summed E-state index contributed by atoms with van der Waals surface area (Å²) in [6, 6.07) is 16.7. The number of nitrogens with zero attached hydrogens (tertiary/aromatic N) is 2. The Morgan fingerprint density at radius 2 is 1.89 bits per heavy atom. The van der Waals surface area contributed by atoms with Gasteiger partial charge in [0.15, 0.2) is 0 Å².